The van der Waals surface area contributed by atoms with Crippen LogP contribution in [0.25, 0.3) is 10.9 Å². The number of fused-ring (bicyclic) bond motifs is 1. The molecule has 1 saturated heterocycles. The van der Waals surface area contributed by atoms with E-state index in [-0.39, 0.29) is 5.92 Å². The third-order valence-corrected chi connectivity index (χ3v) is 4.24. The molecular weight excluding hydrogens is 254 g/mol. The van der Waals surface area contributed by atoms with E-state index in [1.54, 1.807) is 0 Å². The van der Waals surface area contributed by atoms with Gasteiger partial charge in [0.2, 0.25) is 0 Å². The van der Waals surface area contributed by atoms with Gasteiger partial charge in [0.25, 0.3) is 0 Å². The third-order valence-electron chi connectivity index (χ3n) is 4.24. The van der Waals surface area contributed by atoms with E-state index in [0.29, 0.717) is 6.54 Å². The van der Waals surface area contributed by atoms with Crippen molar-refractivity contribution in [2.45, 2.75) is 25.9 Å². The van der Waals surface area contributed by atoms with Gasteiger partial charge in [-0.15, -0.1) is 0 Å². The Balaban J connectivity index is 1.92. The Morgan fingerprint density at radius 3 is 2.95 bits per heavy atom. The topological polar surface area (TPSA) is 58.4 Å². The first-order valence-corrected chi connectivity index (χ1v) is 6.95. The molecule has 0 aliphatic carbocycles. The molecule has 1 aromatic carbocycles. The first-order valence-electron chi connectivity index (χ1n) is 6.95. The molecule has 0 radical (unpaired) electrons. The molecule has 1 aliphatic heterocycles. The summed E-state index contributed by atoms with van der Waals surface area (Å²) in [5, 5.41) is 15.0. The molecule has 0 spiro atoms. The number of rotatable bonds is 3. The largest absolute Gasteiger partial charge is 0.480 e. The smallest absolute Gasteiger partial charge is 0.321 e. The Hall–Kier alpha value is -1.88. The van der Waals surface area contributed by atoms with Crippen LogP contribution in [-0.4, -0.2) is 38.3 Å². The van der Waals surface area contributed by atoms with Crippen LogP contribution in [0.2, 0.25) is 0 Å². The molecule has 1 aliphatic rings. The highest BCUT2D eigenvalue weighted by Crippen LogP contribution is 2.27. The van der Waals surface area contributed by atoms with E-state index in [2.05, 4.69) is 5.10 Å². The standard InChI is InChI=1S/C15H19N3O2/c1-10-7-8-18(14(10)15(19)20)9-12-11-5-3-4-6-13(11)17(2)16-12/h3-6,10,14H,7-9H2,1-2H3,(H,19,20). The van der Waals surface area contributed by atoms with Crippen LogP contribution in [0.3, 0.4) is 0 Å². The van der Waals surface area contributed by atoms with Crippen molar-refractivity contribution in [3.63, 3.8) is 0 Å². The lowest BCUT2D eigenvalue weighted by Gasteiger charge is -2.22. The van der Waals surface area contributed by atoms with Crippen LogP contribution < -0.4 is 0 Å². The van der Waals surface area contributed by atoms with Crippen molar-refractivity contribution >= 4 is 16.9 Å². The second-order valence-corrected chi connectivity index (χ2v) is 5.61. The number of aromatic nitrogens is 2. The van der Waals surface area contributed by atoms with Crippen molar-refractivity contribution in [2.24, 2.45) is 13.0 Å². The zero-order valence-corrected chi connectivity index (χ0v) is 11.8. The van der Waals surface area contributed by atoms with Crippen molar-refractivity contribution in [1.29, 1.82) is 0 Å². The van der Waals surface area contributed by atoms with Gasteiger partial charge < -0.3 is 5.11 Å². The number of aliphatic carboxylic acids is 1. The molecule has 1 aromatic heterocycles. The summed E-state index contributed by atoms with van der Waals surface area (Å²) in [6.45, 7) is 3.43. The van der Waals surface area contributed by atoms with Gasteiger partial charge in [-0.3, -0.25) is 14.4 Å². The fourth-order valence-electron chi connectivity index (χ4n) is 3.20. The summed E-state index contributed by atoms with van der Waals surface area (Å²) in [7, 11) is 1.92. The minimum atomic E-state index is -0.727. The fraction of sp³-hybridized carbons (Fsp3) is 0.467. The van der Waals surface area contributed by atoms with Gasteiger partial charge in [-0.25, -0.2) is 0 Å². The zero-order chi connectivity index (χ0) is 14.3. The maximum Gasteiger partial charge on any atom is 0.321 e. The van der Waals surface area contributed by atoms with Gasteiger partial charge in [-0.05, 0) is 24.9 Å². The molecule has 0 amide bonds. The SMILES string of the molecule is CC1CCN(Cc2nn(C)c3ccccc23)C1C(=O)O. The summed E-state index contributed by atoms with van der Waals surface area (Å²) >= 11 is 0. The Labute approximate surface area is 117 Å². The van der Waals surface area contributed by atoms with E-state index in [1.165, 1.54) is 0 Å². The average Bonchev–Trinajstić information content (AvgIpc) is 2.93. The van der Waals surface area contributed by atoms with Gasteiger partial charge in [0.1, 0.15) is 6.04 Å². The van der Waals surface area contributed by atoms with E-state index in [0.717, 1.165) is 29.6 Å². The molecule has 5 heteroatoms. The fourth-order valence-corrected chi connectivity index (χ4v) is 3.20. The Morgan fingerprint density at radius 1 is 1.45 bits per heavy atom. The van der Waals surface area contributed by atoms with Gasteiger partial charge in [0.15, 0.2) is 0 Å². The van der Waals surface area contributed by atoms with Crippen LogP contribution in [0, 0.1) is 5.92 Å². The lowest BCUT2D eigenvalue weighted by Crippen LogP contribution is -2.38. The monoisotopic (exact) mass is 273 g/mol. The molecule has 2 atom stereocenters. The molecule has 2 aromatic rings. The second-order valence-electron chi connectivity index (χ2n) is 5.61. The first kappa shape index (κ1) is 13.1. The Morgan fingerprint density at radius 2 is 2.20 bits per heavy atom. The van der Waals surface area contributed by atoms with E-state index < -0.39 is 12.0 Å². The summed E-state index contributed by atoms with van der Waals surface area (Å²) < 4.78 is 1.86. The number of carboxylic acids is 1. The van der Waals surface area contributed by atoms with Crippen molar-refractivity contribution in [2.75, 3.05) is 6.54 Å². The summed E-state index contributed by atoms with van der Waals surface area (Å²) in [5.74, 6) is -0.530. The predicted octanol–water partition coefficient (Wildman–Crippen LogP) is 1.87. The van der Waals surface area contributed by atoms with Gasteiger partial charge >= 0.3 is 5.97 Å². The molecule has 106 valence electrons. The summed E-state index contributed by atoms with van der Waals surface area (Å²) in [4.78, 5) is 13.4. The molecule has 1 fully saturated rings. The Bertz CT molecular complexity index is 650. The highest BCUT2D eigenvalue weighted by atomic mass is 16.4. The Kier molecular flexibility index (Phi) is 3.22. The average molecular weight is 273 g/mol. The van der Waals surface area contributed by atoms with Crippen LogP contribution in [0.5, 0.6) is 0 Å². The van der Waals surface area contributed by atoms with Crippen LogP contribution in [0.4, 0.5) is 0 Å². The second kappa shape index (κ2) is 4.90. The zero-order valence-electron chi connectivity index (χ0n) is 11.8. The highest BCUT2D eigenvalue weighted by Gasteiger charge is 2.37. The molecule has 1 N–H and O–H groups in total. The lowest BCUT2D eigenvalue weighted by molar-refractivity contribution is -0.143. The maximum atomic E-state index is 11.4. The minimum Gasteiger partial charge on any atom is -0.480 e. The number of hydrogen-bond acceptors (Lipinski definition) is 3. The van der Waals surface area contributed by atoms with Gasteiger partial charge in [-0.2, -0.15) is 5.10 Å². The van der Waals surface area contributed by atoms with E-state index in [9.17, 15) is 9.90 Å². The van der Waals surface area contributed by atoms with Gasteiger partial charge in [0, 0.05) is 19.0 Å². The van der Waals surface area contributed by atoms with Crippen molar-refractivity contribution in [1.82, 2.24) is 14.7 Å². The van der Waals surface area contributed by atoms with Gasteiger partial charge in [-0.1, -0.05) is 25.1 Å². The number of carbonyl (C=O) groups is 1. The van der Waals surface area contributed by atoms with Crippen molar-refractivity contribution in [3.05, 3.63) is 30.0 Å². The summed E-state index contributed by atoms with van der Waals surface area (Å²) in [6.07, 6.45) is 0.932. The molecule has 5 nitrogen and oxygen atoms in total. The normalized spacial score (nSPS) is 23.5. The first-order chi connectivity index (χ1) is 9.58. The number of para-hydroxylation sites is 1. The molecule has 0 bridgehead atoms. The van der Waals surface area contributed by atoms with Crippen LogP contribution in [0.1, 0.15) is 19.0 Å². The molecule has 20 heavy (non-hydrogen) atoms. The summed E-state index contributed by atoms with van der Waals surface area (Å²) in [6, 6.07) is 7.68. The number of benzene rings is 1. The van der Waals surface area contributed by atoms with Gasteiger partial charge in [0.05, 0.1) is 11.2 Å². The predicted molar refractivity (Wildman–Crippen MR) is 76.3 cm³/mol. The molecule has 2 heterocycles. The number of nitrogens with zero attached hydrogens (tertiary/aromatic N) is 3. The van der Waals surface area contributed by atoms with Crippen LogP contribution in [0.15, 0.2) is 24.3 Å². The minimum absolute atomic E-state index is 0.197. The number of aryl methyl sites for hydroxylation is 1. The number of carboxylic acid groups (broad SMARTS) is 1. The van der Waals surface area contributed by atoms with Crippen LogP contribution >= 0.6 is 0 Å². The lowest BCUT2D eigenvalue weighted by atomic mass is 10.0. The van der Waals surface area contributed by atoms with E-state index >= 15 is 0 Å². The highest BCUT2D eigenvalue weighted by molar-refractivity contribution is 5.82. The number of likely N-dealkylation sites (tertiary alicyclic amines) is 1. The van der Waals surface area contributed by atoms with Crippen LogP contribution in [-0.2, 0) is 18.4 Å². The quantitative estimate of drug-likeness (QED) is 0.927. The molecular formula is C15H19N3O2. The number of hydrogen-bond donors (Lipinski definition) is 1. The molecule has 2 unspecified atom stereocenters. The van der Waals surface area contributed by atoms with Crippen molar-refractivity contribution < 1.29 is 9.90 Å². The molecule has 0 saturated carbocycles. The molecule has 3 rings (SSSR count). The van der Waals surface area contributed by atoms with E-state index in [4.69, 9.17) is 0 Å². The third kappa shape index (κ3) is 2.08. The maximum absolute atomic E-state index is 11.4. The summed E-state index contributed by atoms with van der Waals surface area (Å²) in [5.41, 5.74) is 2.05. The van der Waals surface area contributed by atoms with Crippen molar-refractivity contribution in [3.8, 4) is 0 Å². The van der Waals surface area contributed by atoms with E-state index in [1.807, 2.05) is 47.8 Å².